The number of fused-ring (bicyclic) bond motifs is 1. The number of likely N-dealkylation sites (tertiary alicyclic amines) is 1. The minimum Gasteiger partial charge on any atom is -0.497 e. The molecule has 1 aromatic heterocycles. The van der Waals surface area contributed by atoms with E-state index < -0.39 is 0 Å². The lowest BCUT2D eigenvalue weighted by atomic mass is 9.88. The molecule has 7 heteroatoms. The maximum Gasteiger partial charge on any atom is 0.324 e. The Kier molecular flexibility index (Phi) is 5.93. The summed E-state index contributed by atoms with van der Waals surface area (Å²) < 4.78 is 6.99. The highest BCUT2D eigenvalue weighted by atomic mass is 16.5. The number of methoxy groups -OCH3 is 1. The number of aromatic nitrogens is 2. The molecule has 7 nitrogen and oxygen atoms in total. The van der Waals surface area contributed by atoms with E-state index in [-0.39, 0.29) is 17.7 Å². The number of ketones is 1. The van der Waals surface area contributed by atoms with Crippen LogP contribution in [-0.2, 0) is 7.05 Å². The molecule has 0 atom stereocenters. The number of amides is 2. The molecule has 2 amide bonds. The van der Waals surface area contributed by atoms with Crippen molar-refractivity contribution in [3.63, 3.8) is 0 Å². The number of nitrogens with zero attached hydrogens (tertiary/aromatic N) is 4. The average Bonchev–Trinajstić information content (AvgIpc) is 3.19. The van der Waals surface area contributed by atoms with Gasteiger partial charge in [0.15, 0.2) is 5.78 Å². The normalized spacial score (nSPS) is 14.6. The summed E-state index contributed by atoms with van der Waals surface area (Å²) in [5.74, 6) is 0.847. The number of carbonyl (C=O) groups is 2. The smallest absolute Gasteiger partial charge is 0.324 e. The van der Waals surface area contributed by atoms with E-state index in [9.17, 15) is 9.59 Å². The molecular formula is C24H28N4O3. The maximum absolute atomic E-state index is 13.1. The Balaban J connectivity index is 1.41. The minimum absolute atomic E-state index is 0.0186. The number of carbonyl (C=O) groups excluding carboxylic acids is 2. The number of anilines is 1. The van der Waals surface area contributed by atoms with Crippen LogP contribution in [0.25, 0.3) is 10.9 Å². The molecule has 4 rings (SSSR count). The fourth-order valence-electron chi connectivity index (χ4n) is 4.23. The van der Waals surface area contributed by atoms with Gasteiger partial charge in [-0.25, -0.2) is 4.79 Å². The highest BCUT2D eigenvalue weighted by molar-refractivity contribution is 6.01. The van der Waals surface area contributed by atoms with Crippen molar-refractivity contribution in [1.29, 1.82) is 0 Å². The van der Waals surface area contributed by atoms with Gasteiger partial charge >= 0.3 is 6.03 Å². The topological polar surface area (TPSA) is 67.7 Å². The third kappa shape index (κ3) is 4.13. The van der Waals surface area contributed by atoms with Gasteiger partial charge in [-0.1, -0.05) is 12.1 Å². The molecule has 1 fully saturated rings. The third-order valence-electron chi connectivity index (χ3n) is 6.10. The number of hydrogen-bond donors (Lipinski definition) is 0. The third-order valence-corrected chi connectivity index (χ3v) is 6.10. The van der Waals surface area contributed by atoms with Gasteiger partial charge in [0.1, 0.15) is 5.75 Å². The van der Waals surface area contributed by atoms with Crippen LogP contribution >= 0.6 is 0 Å². The summed E-state index contributed by atoms with van der Waals surface area (Å²) in [7, 11) is 3.50. The van der Waals surface area contributed by atoms with E-state index >= 15 is 0 Å². The van der Waals surface area contributed by atoms with E-state index in [1.54, 1.807) is 22.9 Å². The summed E-state index contributed by atoms with van der Waals surface area (Å²) >= 11 is 0. The zero-order valence-corrected chi connectivity index (χ0v) is 18.2. The molecule has 0 unspecified atom stereocenters. The molecule has 2 aromatic carbocycles. The van der Waals surface area contributed by atoms with Gasteiger partial charge < -0.3 is 9.64 Å². The SMILES string of the molecule is CCN(C(=O)N1CCC(C(=O)c2ccc3cnn(C)c3c2)CC1)c1ccc(OC)cc1. The molecule has 0 radical (unpaired) electrons. The van der Waals surface area contributed by atoms with Crippen LogP contribution in [0.1, 0.15) is 30.1 Å². The van der Waals surface area contributed by atoms with Crippen molar-refractivity contribution in [2.75, 3.05) is 31.6 Å². The molecule has 1 aliphatic heterocycles. The Morgan fingerprint density at radius 1 is 1.13 bits per heavy atom. The van der Waals surface area contributed by atoms with Crippen LogP contribution in [-0.4, -0.2) is 53.2 Å². The molecule has 162 valence electrons. The monoisotopic (exact) mass is 420 g/mol. The quantitative estimate of drug-likeness (QED) is 0.582. The van der Waals surface area contributed by atoms with Gasteiger partial charge in [-0.2, -0.15) is 5.10 Å². The van der Waals surface area contributed by atoms with Crippen LogP contribution in [0, 0.1) is 5.92 Å². The summed E-state index contributed by atoms with van der Waals surface area (Å²) in [6, 6.07) is 13.2. The molecule has 1 aliphatic rings. The predicted octanol–water partition coefficient (Wildman–Crippen LogP) is 4.12. The highest BCUT2D eigenvalue weighted by Gasteiger charge is 2.30. The number of hydrogen-bond acceptors (Lipinski definition) is 4. The Labute approximate surface area is 182 Å². The number of piperidine rings is 1. The molecule has 0 N–H and O–H groups in total. The molecule has 31 heavy (non-hydrogen) atoms. The Morgan fingerprint density at radius 2 is 1.84 bits per heavy atom. The van der Waals surface area contributed by atoms with Crippen molar-refractivity contribution in [3.8, 4) is 5.75 Å². The zero-order valence-electron chi connectivity index (χ0n) is 18.2. The Bertz CT molecular complexity index is 1080. The molecular weight excluding hydrogens is 392 g/mol. The van der Waals surface area contributed by atoms with Crippen LogP contribution in [0.5, 0.6) is 5.75 Å². The first-order valence-electron chi connectivity index (χ1n) is 10.7. The number of urea groups is 1. The van der Waals surface area contributed by atoms with E-state index in [4.69, 9.17) is 4.74 Å². The Morgan fingerprint density at radius 3 is 2.48 bits per heavy atom. The first-order valence-corrected chi connectivity index (χ1v) is 10.7. The van der Waals surface area contributed by atoms with E-state index in [1.165, 1.54) is 0 Å². The Hall–Kier alpha value is -3.35. The van der Waals surface area contributed by atoms with E-state index in [0.717, 1.165) is 22.3 Å². The van der Waals surface area contributed by atoms with Crippen molar-refractivity contribution in [2.45, 2.75) is 19.8 Å². The largest absolute Gasteiger partial charge is 0.497 e. The van der Waals surface area contributed by atoms with Crippen molar-refractivity contribution < 1.29 is 14.3 Å². The van der Waals surface area contributed by atoms with Gasteiger partial charge in [-0.15, -0.1) is 0 Å². The summed E-state index contributed by atoms with van der Waals surface area (Å²) in [4.78, 5) is 29.8. The van der Waals surface area contributed by atoms with Crippen molar-refractivity contribution in [2.24, 2.45) is 13.0 Å². The lowest BCUT2D eigenvalue weighted by Crippen LogP contribution is -2.47. The van der Waals surface area contributed by atoms with Crippen molar-refractivity contribution in [1.82, 2.24) is 14.7 Å². The lowest BCUT2D eigenvalue weighted by molar-refractivity contribution is 0.0857. The number of rotatable bonds is 5. The van der Waals surface area contributed by atoms with E-state index in [0.29, 0.717) is 38.0 Å². The van der Waals surface area contributed by atoms with Gasteiger partial charge in [0.05, 0.1) is 18.8 Å². The van der Waals surface area contributed by atoms with Crippen LogP contribution in [0.2, 0.25) is 0 Å². The first kappa shape index (κ1) is 20.9. The molecule has 0 saturated carbocycles. The second kappa shape index (κ2) is 8.79. The molecule has 0 bridgehead atoms. The molecule has 1 saturated heterocycles. The van der Waals surface area contributed by atoms with E-state index in [1.807, 2.05) is 61.3 Å². The standard InChI is InChI=1S/C24H28N4O3/c1-4-28(20-7-9-21(31-3)10-8-20)24(30)27-13-11-17(12-14-27)23(29)18-5-6-19-16-25-26(2)22(19)15-18/h5-10,15-17H,4,11-14H2,1-3H3. The fraction of sp³-hybridized carbons (Fsp3) is 0.375. The number of ether oxygens (including phenoxy) is 1. The number of benzene rings is 2. The molecule has 3 aromatic rings. The highest BCUT2D eigenvalue weighted by Crippen LogP contribution is 2.26. The minimum atomic E-state index is -0.0641. The second-order valence-electron chi connectivity index (χ2n) is 7.89. The average molecular weight is 421 g/mol. The van der Waals surface area contributed by atoms with Crippen LogP contribution < -0.4 is 9.64 Å². The van der Waals surface area contributed by atoms with Gasteiger partial charge in [0.25, 0.3) is 0 Å². The van der Waals surface area contributed by atoms with Gasteiger partial charge in [-0.05, 0) is 50.1 Å². The van der Waals surface area contributed by atoms with Gasteiger partial charge in [0.2, 0.25) is 0 Å². The predicted molar refractivity (Wildman–Crippen MR) is 121 cm³/mol. The van der Waals surface area contributed by atoms with Crippen LogP contribution in [0.4, 0.5) is 10.5 Å². The van der Waals surface area contributed by atoms with Gasteiger partial charge in [-0.3, -0.25) is 14.4 Å². The summed E-state index contributed by atoms with van der Waals surface area (Å²) in [6.45, 7) is 3.70. The van der Waals surface area contributed by atoms with Crippen molar-refractivity contribution >= 4 is 28.4 Å². The van der Waals surface area contributed by atoms with Gasteiger partial charge in [0, 0.05) is 49.2 Å². The van der Waals surface area contributed by atoms with E-state index in [2.05, 4.69) is 5.10 Å². The fourth-order valence-corrected chi connectivity index (χ4v) is 4.23. The first-order chi connectivity index (χ1) is 15.0. The van der Waals surface area contributed by atoms with Crippen molar-refractivity contribution in [3.05, 3.63) is 54.2 Å². The summed E-state index contributed by atoms with van der Waals surface area (Å²) in [5, 5.41) is 5.27. The summed E-state index contributed by atoms with van der Waals surface area (Å²) in [5.41, 5.74) is 2.52. The zero-order chi connectivity index (χ0) is 22.0. The lowest BCUT2D eigenvalue weighted by Gasteiger charge is -2.35. The molecule has 0 spiro atoms. The maximum atomic E-state index is 13.1. The van der Waals surface area contributed by atoms with Crippen LogP contribution in [0.15, 0.2) is 48.7 Å². The number of Topliss-reactive ketones (excluding diaryl/α,β-unsaturated/α-hetero) is 1. The second-order valence-corrected chi connectivity index (χ2v) is 7.89. The summed E-state index contributed by atoms with van der Waals surface area (Å²) in [6.07, 6.45) is 3.15. The van der Waals surface area contributed by atoms with Crippen LogP contribution in [0.3, 0.4) is 0 Å². The molecule has 2 heterocycles. The number of aryl methyl sites for hydroxylation is 1. The molecule has 0 aliphatic carbocycles.